The van der Waals surface area contributed by atoms with Gasteiger partial charge in [-0.25, -0.2) is 0 Å². The number of hydrogen-bond donors (Lipinski definition) is 2. The Balaban J connectivity index is 2.43. The van der Waals surface area contributed by atoms with Crippen LogP contribution < -0.4 is 10.6 Å². The summed E-state index contributed by atoms with van der Waals surface area (Å²) in [4.78, 5) is 22.9. The number of nitrogens with one attached hydrogen (secondary N) is 2. The van der Waals surface area contributed by atoms with E-state index in [0.29, 0.717) is 19.4 Å². The van der Waals surface area contributed by atoms with Crippen LogP contribution in [-0.2, 0) is 9.59 Å². The quantitative estimate of drug-likeness (QED) is 0.757. The first kappa shape index (κ1) is 13.0. The minimum Gasteiger partial charge on any atom is -0.355 e. The third-order valence-electron chi connectivity index (χ3n) is 2.97. The third-order valence-corrected chi connectivity index (χ3v) is 2.97. The molecule has 0 aromatic rings. The molecule has 0 aromatic heterocycles. The molecule has 0 bridgehead atoms. The molecule has 1 rings (SSSR count). The summed E-state index contributed by atoms with van der Waals surface area (Å²) in [6.07, 6.45) is 3.15. The summed E-state index contributed by atoms with van der Waals surface area (Å²) in [7, 11) is 0. The Morgan fingerprint density at radius 1 is 1.56 bits per heavy atom. The van der Waals surface area contributed by atoms with Crippen LogP contribution in [0.1, 0.15) is 46.5 Å². The van der Waals surface area contributed by atoms with Crippen molar-refractivity contribution in [2.45, 2.75) is 52.0 Å². The minimum atomic E-state index is -0.146. The smallest absolute Gasteiger partial charge is 0.225 e. The Kier molecular flexibility index (Phi) is 4.33. The second kappa shape index (κ2) is 5.32. The molecular formula is C12H22N2O2. The van der Waals surface area contributed by atoms with Crippen LogP contribution in [0.5, 0.6) is 0 Å². The fourth-order valence-electron chi connectivity index (χ4n) is 2.08. The normalized spacial score (nSPS) is 21.4. The number of piperidine rings is 1. The molecule has 0 aromatic carbocycles. The standard InChI is InChI=1S/C12H22N2O2/c1-4-7-12(2,3)14-11(16)9-5-6-10(15)13-8-9/h9H,4-8H2,1-3H3,(H,13,15)(H,14,16). The molecule has 1 heterocycles. The second-order valence-corrected chi connectivity index (χ2v) is 5.16. The van der Waals surface area contributed by atoms with E-state index in [-0.39, 0.29) is 23.3 Å². The summed E-state index contributed by atoms with van der Waals surface area (Å²) in [6, 6.07) is 0. The van der Waals surface area contributed by atoms with Crippen molar-refractivity contribution in [1.29, 1.82) is 0 Å². The van der Waals surface area contributed by atoms with E-state index < -0.39 is 0 Å². The van der Waals surface area contributed by atoms with Crippen molar-refractivity contribution in [2.24, 2.45) is 5.92 Å². The zero-order valence-electron chi connectivity index (χ0n) is 10.4. The van der Waals surface area contributed by atoms with Crippen molar-refractivity contribution in [3.05, 3.63) is 0 Å². The average Bonchev–Trinajstić information content (AvgIpc) is 2.17. The van der Waals surface area contributed by atoms with Crippen molar-refractivity contribution in [2.75, 3.05) is 6.54 Å². The zero-order chi connectivity index (χ0) is 12.2. The SMILES string of the molecule is CCCC(C)(C)NC(=O)C1CCC(=O)NC1. The highest BCUT2D eigenvalue weighted by Gasteiger charge is 2.28. The van der Waals surface area contributed by atoms with Gasteiger partial charge in [0.25, 0.3) is 0 Å². The lowest BCUT2D eigenvalue weighted by Crippen LogP contribution is -2.50. The predicted octanol–water partition coefficient (Wildman–Crippen LogP) is 1.21. The molecular weight excluding hydrogens is 204 g/mol. The number of rotatable bonds is 4. The highest BCUT2D eigenvalue weighted by Crippen LogP contribution is 2.15. The maximum atomic E-state index is 11.9. The first-order valence-electron chi connectivity index (χ1n) is 6.03. The Bertz CT molecular complexity index is 264. The number of hydrogen-bond acceptors (Lipinski definition) is 2. The lowest BCUT2D eigenvalue weighted by atomic mass is 9.94. The van der Waals surface area contributed by atoms with E-state index in [0.717, 1.165) is 12.8 Å². The van der Waals surface area contributed by atoms with Crippen LogP contribution in [0, 0.1) is 5.92 Å². The van der Waals surface area contributed by atoms with Crippen molar-refractivity contribution in [1.82, 2.24) is 10.6 Å². The number of carbonyl (C=O) groups excluding carboxylic acids is 2. The summed E-state index contributed by atoms with van der Waals surface area (Å²) < 4.78 is 0. The molecule has 92 valence electrons. The lowest BCUT2D eigenvalue weighted by Gasteiger charge is -2.30. The van der Waals surface area contributed by atoms with Crippen LogP contribution in [0.4, 0.5) is 0 Å². The maximum absolute atomic E-state index is 11.9. The molecule has 16 heavy (non-hydrogen) atoms. The minimum absolute atomic E-state index is 0.0527. The molecule has 0 spiro atoms. The number of carbonyl (C=O) groups is 2. The van der Waals surface area contributed by atoms with Crippen LogP contribution >= 0.6 is 0 Å². The van der Waals surface area contributed by atoms with E-state index in [1.54, 1.807) is 0 Å². The average molecular weight is 226 g/mol. The van der Waals surface area contributed by atoms with Gasteiger partial charge in [0.2, 0.25) is 11.8 Å². The Labute approximate surface area is 97.2 Å². The molecule has 0 radical (unpaired) electrons. The Morgan fingerprint density at radius 3 is 2.75 bits per heavy atom. The monoisotopic (exact) mass is 226 g/mol. The second-order valence-electron chi connectivity index (χ2n) is 5.16. The predicted molar refractivity (Wildman–Crippen MR) is 62.9 cm³/mol. The van der Waals surface area contributed by atoms with Crippen LogP contribution in [0.3, 0.4) is 0 Å². The van der Waals surface area contributed by atoms with E-state index in [9.17, 15) is 9.59 Å². The molecule has 1 unspecified atom stereocenters. The largest absolute Gasteiger partial charge is 0.355 e. The molecule has 1 aliphatic rings. The van der Waals surface area contributed by atoms with Crippen molar-refractivity contribution >= 4 is 11.8 Å². The van der Waals surface area contributed by atoms with E-state index in [2.05, 4.69) is 17.6 Å². The van der Waals surface area contributed by atoms with Gasteiger partial charge in [-0.3, -0.25) is 9.59 Å². The van der Waals surface area contributed by atoms with Crippen molar-refractivity contribution in [3.8, 4) is 0 Å². The van der Waals surface area contributed by atoms with Crippen molar-refractivity contribution in [3.63, 3.8) is 0 Å². The molecule has 2 N–H and O–H groups in total. The first-order chi connectivity index (χ1) is 7.44. The first-order valence-corrected chi connectivity index (χ1v) is 6.03. The molecule has 1 aliphatic heterocycles. The van der Waals surface area contributed by atoms with Gasteiger partial charge in [0.05, 0.1) is 5.92 Å². The molecule has 0 aliphatic carbocycles. The van der Waals surface area contributed by atoms with E-state index in [4.69, 9.17) is 0 Å². The van der Waals surface area contributed by atoms with Gasteiger partial charge in [-0.1, -0.05) is 13.3 Å². The molecule has 1 saturated heterocycles. The van der Waals surface area contributed by atoms with Gasteiger partial charge in [-0.15, -0.1) is 0 Å². The lowest BCUT2D eigenvalue weighted by molar-refractivity contribution is -0.130. The van der Waals surface area contributed by atoms with Gasteiger partial charge in [0.1, 0.15) is 0 Å². The summed E-state index contributed by atoms with van der Waals surface area (Å²) in [5, 5.41) is 5.78. The third kappa shape index (κ3) is 3.83. The fraction of sp³-hybridized carbons (Fsp3) is 0.833. The summed E-state index contributed by atoms with van der Waals surface area (Å²) >= 11 is 0. The van der Waals surface area contributed by atoms with Crippen molar-refractivity contribution < 1.29 is 9.59 Å². The van der Waals surface area contributed by atoms with E-state index in [1.165, 1.54) is 0 Å². The molecule has 4 heteroatoms. The zero-order valence-corrected chi connectivity index (χ0v) is 10.4. The van der Waals surface area contributed by atoms with Gasteiger partial charge < -0.3 is 10.6 Å². The van der Waals surface area contributed by atoms with Gasteiger partial charge in [0.15, 0.2) is 0 Å². The maximum Gasteiger partial charge on any atom is 0.225 e. The van der Waals surface area contributed by atoms with Crippen LogP contribution in [0.2, 0.25) is 0 Å². The van der Waals surface area contributed by atoms with Crippen LogP contribution in [0.15, 0.2) is 0 Å². The summed E-state index contributed by atoms with van der Waals surface area (Å²) in [5.74, 6) is 0.0594. The molecule has 1 fully saturated rings. The topological polar surface area (TPSA) is 58.2 Å². The van der Waals surface area contributed by atoms with E-state index in [1.807, 2.05) is 13.8 Å². The molecule has 2 amide bonds. The van der Waals surface area contributed by atoms with E-state index >= 15 is 0 Å². The molecule has 4 nitrogen and oxygen atoms in total. The highest BCUT2D eigenvalue weighted by atomic mass is 16.2. The van der Waals surface area contributed by atoms with Crippen LogP contribution in [0.25, 0.3) is 0 Å². The van der Waals surface area contributed by atoms with Crippen LogP contribution in [-0.4, -0.2) is 23.9 Å². The molecule has 0 saturated carbocycles. The fourth-order valence-corrected chi connectivity index (χ4v) is 2.08. The Hall–Kier alpha value is -1.06. The van der Waals surface area contributed by atoms with Gasteiger partial charge in [0, 0.05) is 18.5 Å². The molecule has 1 atom stereocenters. The Morgan fingerprint density at radius 2 is 2.25 bits per heavy atom. The van der Waals surface area contributed by atoms with Gasteiger partial charge in [-0.05, 0) is 26.7 Å². The summed E-state index contributed by atoms with van der Waals surface area (Å²) in [6.45, 7) is 6.66. The summed E-state index contributed by atoms with van der Waals surface area (Å²) in [5.41, 5.74) is -0.146. The number of amides is 2. The highest BCUT2D eigenvalue weighted by molar-refractivity contribution is 5.84. The van der Waals surface area contributed by atoms with Gasteiger partial charge in [-0.2, -0.15) is 0 Å². The van der Waals surface area contributed by atoms with Gasteiger partial charge >= 0.3 is 0 Å².